The number of hydrogen-bond donors (Lipinski definition) is 1. The van der Waals surface area contributed by atoms with E-state index >= 15 is 0 Å². The molecule has 1 N–H and O–H groups in total. The van der Waals surface area contributed by atoms with Crippen molar-refractivity contribution in [2.24, 2.45) is 5.92 Å². The van der Waals surface area contributed by atoms with Crippen LogP contribution in [0.4, 0.5) is 0 Å². The molecule has 2 aliphatic rings. The summed E-state index contributed by atoms with van der Waals surface area (Å²) in [6.07, 6.45) is 0.873. The lowest BCUT2D eigenvalue weighted by Gasteiger charge is -2.43. The molecule has 0 unspecified atom stereocenters. The molecule has 0 radical (unpaired) electrons. The van der Waals surface area contributed by atoms with Crippen LogP contribution in [-0.4, -0.2) is 64.8 Å². The number of hydrogen-bond acceptors (Lipinski definition) is 4. The number of likely N-dealkylation sites (N-methyl/N-ethyl adjacent to an activating group) is 1. The fourth-order valence-corrected chi connectivity index (χ4v) is 4.28. The molecule has 3 heterocycles. The van der Waals surface area contributed by atoms with E-state index in [0.717, 1.165) is 45.8 Å². The average Bonchev–Trinajstić information content (AvgIpc) is 2.53. The number of fused-ring (bicyclic) bond motifs is 4. The summed E-state index contributed by atoms with van der Waals surface area (Å²) in [5, 5.41) is 10.4. The van der Waals surface area contributed by atoms with Crippen molar-refractivity contribution >= 4 is 0 Å². The lowest BCUT2D eigenvalue weighted by Crippen LogP contribution is -2.50. The Hall–Kier alpha value is -1.17. The van der Waals surface area contributed by atoms with Crippen LogP contribution in [0.25, 0.3) is 0 Å². The van der Waals surface area contributed by atoms with Gasteiger partial charge in [-0.25, -0.2) is 0 Å². The van der Waals surface area contributed by atoms with Crippen LogP contribution in [0, 0.1) is 5.92 Å². The van der Waals surface area contributed by atoms with E-state index in [4.69, 9.17) is 0 Å². The molecule has 0 aromatic carbocycles. The highest BCUT2D eigenvalue weighted by Crippen LogP contribution is 2.34. The van der Waals surface area contributed by atoms with Gasteiger partial charge in [-0.05, 0) is 31.5 Å². The summed E-state index contributed by atoms with van der Waals surface area (Å²) in [4.78, 5) is 16.7. The van der Waals surface area contributed by atoms with Gasteiger partial charge in [0.2, 0.25) is 0 Å². The molecule has 2 bridgehead atoms. The number of piperidine rings is 1. The topological polar surface area (TPSA) is 48.7 Å². The Balaban J connectivity index is 1.65. The van der Waals surface area contributed by atoms with Gasteiger partial charge < -0.3 is 14.6 Å². The average molecular weight is 319 g/mol. The molecule has 1 saturated heterocycles. The zero-order valence-corrected chi connectivity index (χ0v) is 14.3. The number of aliphatic hydroxyl groups excluding tert-OH is 1. The molecule has 1 aromatic heterocycles. The molecule has 1 fully saturated rings. The highest BCUT2D eigenvalue weighted by molar-refractivity contribution is 5.16. The van der Waals surface area contributed by atoms with E-state index in [-0.39, 0.29) is 11.7 Å². The first kappa shape index (κ1) is 16.7. The van der Waals surface area contributed by atoms with E-state index < -0.39 is 0 Å². The zero-order chi connectivity index (χ0) is 16.4. The van der Waals surface area contributed by atoms with Crippen molar-refractivity contribution in [3.05, 3.63) is 34.2 Å². The second-order valence-electron chi connectivity index (χ2n) is 7.06. The minimum Gasteiger partial charge on any atom is -0.390 e. The third-order valence-electron chi connectivity index (χ3n) is 5.39. The van der Waals surface area contributed by atoms with Crippen molar-refractivity contribution in [3.8, 4) is 0 Å². The van der Waals surface area contributed by atoms with Gasteiger partial charge in [0.05, 0.1) is 6.10 Å². The summed E-state index contributed by atoms with van der Waals surface area (Å²) < 4.78 is 1.96. The van der Waals surface area contributed by atoms with Gasteiger partial charge in [-0.2, -0.15) is 0 Å². The first-order valence-corrected chi connectivity index (χ1v) is 8.93. The lowest BCUT2D eigenvalue weighted by molar-refractivity contribution is 0.0444. The zero-order valence-electron chi connectivity index (χ0n) is 14.3. The van der Waals surface area contributed by atoms with Crippen molar-refractivity contribution in [3.63, 3.8) is 0 Å². The summed E-state index contributed by atoms with van der Waals surface area (Å²) in [6, 6.07) is 5.64. The van der Waals surface area contributed by atoms with Gasteiger partial charge >= 0.3 is 0 Å². The normalized spacial score (nSPS) is 25.4. The van der Waals surface area contributed by atoms with Crippen molar-refractivity contribution in [2.75, 3.05) is 39.3 Å². The molecule has 3 atom stereocenters. The van der Waals surface area contributed by atoms with E-state index in [1.807, 2.05) is 10.6 Å². The molecule has 0 saturated carbocycles. The summed E-state index contributed by atoms with van der Waals surface area (Å²) in [6.45, 7) is 10.5. The Kier molecular flexibility index (Phi) is 5.19. The van der Waals surface area contributed by atoms with E-state index in [2.05, 4.69) is 29.7 Å². The Morgan fingerprint density at radius 3 is 2.78 bits per heavy atom. The summed E-state index contributed by atoms with van der Waals surface area (Å²) >= 11 is 0. The van der Waals surface area contributed by atoms with Crippen molar-refractivity contribution in [1.29, 1.82) is 0 Å². The first-order valence-electron chi connectivity index (χ1n) is 8.93. The van der Waals surface area contributed by atoms with Gasteiger partial charge in [0.15, 0.2) is 0 Å². The van der Waals surface area contributed by atoms with Gasteiger partial charge in [-0.3, -0.25) is 9.69 Å². The molecule has 0 aliphatic carbocycles. The van der Waals surface area contributed by atoms with E-state index in [1.54, 1.807) is 6.07 Å². The monoisotopic (exact) mass is 319 g/mol. The minimum atomic E-state index is -0.299. The van der Waals surface area contributed by atoms with Crippen LogP contribution < -0.4 is 5.56 Å². The molecule has 5 nitrogen and oxygen atoms in total. The van der Waals surface area contributed by atoms with Crippen LogP contribution in [0.5, 0.6) is 0 Å². The fourth-order valence-electron chi connectivity index (χ4n) is 4.28. The maximum absolute atomic E-state index is 12.0. The number of pyridine rings is 1. The van der Waals surface area contributed by atoms with Gasteiger partial charge in [0.1, 0.15) is 0 Å². The highest BCUT2D eigenvalue weighted by Gasteiger charge is 2.34. The summed E-state index contributed by atoms with van der Waals surface area (Å²) in [5.41, 5.74) is 1.31. The van der Waals surface area contributed by atoms with Crippen molar-refractivity contribution in [1.82, 2.24) is 14.4 Å². The lowest BCUT2D eigenvalue weighted by atomic mass is 9.83. The van der Waals surface area contributed by atoms with E-state index in [0.29, 0.717) is 11.8 Å². The maximum atomic E-state index is 12.0. The second kappa shape index (κ2) is 7.16. The maximum Gasteiger partial charge on any atom is 0.250 e. The predicted octanol–water partition coefficient (Wildman–Crippen LogP) is 0.970. The number of aliphatic hydroxyl groups is 1. The number of nitrogens with zero attached hydrogens (tertiary/aromatic N) is 3. The third kappa shape index (κ3) is 3.67. The van der Waals surface area contributed by atoms with Crippen LogP contribution in [-0.2, 0) is 6.54 Å². The number of likely N-dealkylation sites (tertiary alicyclic amines) is 1. The first-order chi connectivity index (χ1) is 11.1. The fraction of sp³-hybridized carbons (Fsp3) is 0.722. The number of β-amino-alcohol motifs (C(OH)–C–C–N with tert-alkyl or cyclic N) is 1. The van der Waals surface area contributed by atoms with Gasteiger partial charge in [0.25, 0.3) is 5.56 Å². The SMILES string of the molecule is CCN(CC)C[C@@H](O)CN1C[C@@H]2C[C@@H](C1)c1cccc(=O)n1C2. The van der Waals surface area contributed by atoms with Gasteiger partial charge in [0, 0.05) is 50.4 Å². The van der Waals surface area contributed by atoms with E-state index in [1.165, 1.54) is 12.1 Å². The molecule has 5 heteroatoms. The van der Waals surface area contributed by atoms with Gasteiger partial charge in [-0.15, -0.1) is 0 Å². The molecule has 0 amide bonds. The van der Waals surface area contributed by atoms with Crippen LogP contribution in [0.2, 0.25) is 0 Å². The summed E-state index contributed by atoms with van der Waals surface area (Å²) in [5.74, 6) is 0.957. The number of aromatic nitrogens is 1. The Bertz CT molecular complexity index is 582. The molecule has 3 rings (SSSR count). The predicted molar refractivity (Wildman–Crippen MR) is 91.8 cm³/mol. The standard InChI is InChI=1S/C18H29N3O2/c1-3-19(4-2)12-16(22)13-20-9-14-8-15(11-20)17-6-5-7-18(23)21(17)10-14/h5-7,14-16,22H,3-4,8-13H2,1-2H3/t14-,15-,16+/m0/s1. The Morgan fingerprint density at radius 2 is 2.04 bits per heavy atom. The molecular formula is C18H29N3O2. The molecule has 128 valence electrons. The smallest absolute Gasteiger partial charge is 0.250 e. The second-order valence-corrected chi connectivity index (χ2v) is 7.06. The minimum absolute atomic E-state index is 0.132. The molecule has 2 aliphatic heterocycles. The van der Waals surface area contributed by atoms with Crippen LogP contribution in [0.3, 0.4) is 0 Å². The molecular weight excluding hydrogens is 290 g/mol. The highest BCUT2D eigenvalue weighted by atomic mass is 16.3. The Morgan fingerprint density at radius 1 is 1.26 bits per heavy atom. The number of rotatable bonds is 6. The Labute approximate surface area is 138 Å². The van der Waals surface area contributed by atoms with Gasteiger partial charge in [-0.1, -0.05) is 19.9 Å². The van der Waals surface area contributed by atoms with Crippen LogP contribution in [0.1, 0.15) is 31.9 Å². The van der Waals surface area contributed by atoms with Crippen LogP contribution in [0.15, 0.2) is 23.0 Å². The molecule has 1 aromatic rings. The third-order valence-corrected chi connectivity index (χ3v) is 5.39. The molecule has 23 heavy (non-hydrogen) atoms. The van der Waals surface area contributed by atoms with Crippen molar-refractivity contribution in [2.45, 2.75) is 38.8 Å². The van der Waals surface area contributed by atoms with Crippen molar-refractivity contribution < 1.29 is 5.11 Å². The van der Waals surface area contributed by atoms with Crippen LogP contribution >= 0.6 is 0 Å². The molecule has 0 spiro atoms. The quantitative estimate of drug-likeness (QED) is 0.849. The summed E-state index contributed by atoms with van der Waals surface area (Å²) in [7, 11) is 0. The van der Waals surface area contributed by atoms with E-state index in [9.17, 15) is 9.90 Å². The largest absolute Gasteiger partial charge is 0.390 e.